The Morgan fingerprint density at radius 1 is 0.962 bits per heavy atom. The van der Waals surface area contributed by atoms with Crippen LogP contribution in [0.4, 0.5) is 11.5 Å². The quantitative estimate of drug-likeness (QED) is 0.765. The van der Waals surface area contributed by atoms with Crippen molar-refractivity contribution in [2.24, 2.45) is 0 Å². The third-order valence-corrected chi connectivity index (χ3v) is 6.21. The van der Waals surface area contributed by atoms with E-state index in [4.69, 9.17) is 4.74 Å². The fraction of sp³-hybridized carbons (Fsp3) is 0.211. The van der Waals surface area contributed by atoms with Gasteiger partial charge in [-0.1, -0.05) is 18.2 Å². The van der Waals surface area contributed by atoms with Gasteiger partial charge in [0.1, 0.15) is 5.82 Å². The number of ether oxygens (including phenoxy) is 1. The van der Waals surface area contributed by atoms with Gasteiger partial charge in [0.25, 0.3) is 0 Å². The van der Waals surface area contributed by atoms with Crippen molar-refractivity contribution < 1.29 is 13.2 Å². The number of hydrogen-bond donors (Lipinski definition) is 1. The molecule has 1 aliphatic heterocycles. The molecule has 1 saturated heterocycles. The molecule has 0 bridgehead atoms. The van der Waals surface area contributed by atoms with E-state index in [0.717, 1.165) is 16.6 Å². The van der Waals surface area contributed by atoms with Crippen molar-refractivity contribution in [3.63, 3.8) is 0 Å². The number of pyridine rings is 1. The van der Waals surface area contributed by atoms with Crippen LogP contribution in [-0.4, -0.2) is 44.0 Å². The maximum Gasteiger partial charge on any atom is 0.243 e. The molecule has 0 unspecified atom stereocenters. The molecule has 0 atom stereocenters. The SMILES string of the molecule is O=S(=O)(c1ccc2nc(Nc3ccccc3)ccc2c1)N1CCOCC1. The lowest BCUT2D eigenvalue weighted by Crippen LogP contribution is -2.40. The van der Waals surface area contributed by atoms with Crippen LogP contribution in [-0.2, 0) is 14.8 Å². The number of fused-ring (bicyclic) bond motifs is 1. The van der Waals surface area contributed by atoms with Gasteiger partial charge in [-0.25, -0.2) is 13.4 Å². The summed E-state index contributed by atoms with van der Waals surface area (Å²) in [5.74, 6) is 0.715. The maximum atomic E-state index is 12.8. The number of hydrogen-bond acceptors (Lipinski definition) is 5. The van der Waals surface area contributed by atoms with E-state index in [-0.39, 0.29) is 4.90 Å². The van der Waals surface area contributed by atoms with Crippen LogP contribution in [0.3, 0.4) is 0 Å². The Morgan fingerprint density at radius 3 is 2.50 bits per heavy atom. The molecule has 2 heterocycles. The molecular weight excluding hydrogens is 350 g/mol. The molecule has 0 spiro atoms. The Balaban J connectivity index is 1.63. The molecular formula is C19H19N3O3S. The Bertz CT molecular complexity index is 1020. The first-order valence-corrected chi connectivity index (χ1v) is 9.88. The van der Waals surface area contributed by atoms with Gasteiger partial charge in [0, 0.05) is 24.2 Å². The van der Waals surface area contributed by atoms with E-state index < -0.39 is 10.0 Å². The zero-order chi connectivity index (χ0) is 18.0. The van der Waals surface area contributed by atoms with Gasteiger partial charge >= 0.3 is 0 Å². The topological polar surface area (TPSA) is 71.5 Å². The van der Waals surface area contributed by atoms with E-state index in [1.807, 2.05) is 42.5 Å². The molecule has 1 N–H and O–H groups in total. The van der Waals surface area contributed by atoms with Crippen molar-refractivity contribution in [2.75, 3.05) is 31.6 Å². The van der Waals surface area contributed by atoms with Crippen LogP contribution in [0.1, 0.15) is 0 Å². The van der Waals surface area contributed by atoms with Crippen LogP contribution >= 0.6 is 0 Å². The Labute approximate surface area is 152 Å². The summed E-state index contributed by atoms with van der Waals surface area (Å²) in [5, 5.41) is 4.03. The lowest BCUT2D eigenvalue weighted by Gasteiger charge is -2.26. The molecule has 134 valence electrons. The average Bonchev–Trinajstić information content (AvgIpc) is 2.69. The van der Waals surface area contributed by atoms with Crippen LogP contribution < -0.4 is 5.32 Å². The molecule has 6 nitrogen and oxygen atoms in total. The predicted octanol–water partition coefficient (Wildman–Crippen LogP) is 3.00. The summed E-state index contributed by atoms with van der Waals surface area (Å²) in [6.07, 6.45) is 0. The van der Waals surface area contributed by atoms with Gasteiger partial charge in [0.15, 0.2) is 0 Å². The minimum Gasteiger partial charge on any atom is -0.379 e. The van der Waals surface area contributed by atoms with E-state index in [2.05, 4.69) is 10.3 Å². The third kappa shape index (κ3) is 3.41. The monoisotopic (exact) mass is 369 g/mol. The van der Waals surface area contributed by atoms with Crippen molar-refractivity contribution in [1.29, 1.82) is 0 Å². The van der Waals surface area contributed by atoms with Crippen molar-refractivity contribution in [2.45, 2.75) is 4.90 Å². The Hall–Kier alpha value is -2.48. The molecule has 1 fully saturated rings. The van der Waals surface area contributed by atoms with Crippen LogP contribution in [0.15, 0.2) is 65.6 Å². The zero-order valence-corrected chi connectivity index (χ0v) is 14.9. The van der Waals surface area contributed by atoms with Gasteiger partial charge in [-0.15, -0.1) is 0 Å². The Kier molecular flexibility index (Phi) is 4.58. The van der Waals surface area contributed by atoms with Gasteiger partial charge in [0.2, 0.25) is 10.0 Å². The van der Waals surface area contributed by atoms with Gasteiger partial charge in [-0.2, -0.15) is 4.31 Å². The molecule has 3 aromatic rings. The average molecular weight is 369 g/mol. The number of nitrogens with zero attached hydrogens (tertiary/aromatic N) is 2. The second kappa shape index (κ2) is 7.03. The summed E-state index contributed by atoms with van der Waals surface area (Å²) in [6, 6.07) is 18.6. The first-order chi connectivity index (χ1) is 12.6. The van der Waals surface area contributed by atoms with Crippen LogP contribution in [0.5, 0.6) is 0 Å². The van der Waals surface area contributed by atoms with E-state index in [1.165, 1.54) is 4.31 Å². The fourth-order valence-corrected chi connectivity index (χ4v) is 4.38. The zero-order valence-electron chi connectivity index (χ0n) is 14.1. The number of rotatable bonds is 4. The number of benzene rings is 2. The number of aromatic nitrogens is 1. The molecule has 7 heteroatoms. The molecule has 0 amide bonds. The minimum absolute atomic E-state index is 0.289. The smallest absolute Gasteiger partial charge is 0.243 e. The van der Waals surface area contributed by atoms with E-state index in [1.54, 1.807) is 18.2 Å². The first kappa shape index (κ1) is 17.0. The molecule has 0 radical (unpaired) electrons. The third-order valence-electron chi connectivity index (χ3n) is 4.31. The van der Waals surface area contributed by atoms with E-state index in [9.17, 15) is 8.42 Å². The predicted molar refractivity (Wildman–Crippen MR) is 101 cm³/mol. The van der Waals surface area contributed by atoms with Crippen LogP contribution in [0.2, 0.25) is 0 Å². The van der Waals surface area contributed by atoms with E-state index >= 15 is 0 Å². The molecule has 1 aromatic heterocycles. The summed E-state index contributed by atoms with van der Waals surface area (Å²) in [5.41, 5.74) is 1.69. The number of nitrogens with one attached hydrogen (secondary N) is 1. The van der Waals surface area contributed by atoms with Crippen molar-refractivity contribution in [3.8, 4) is 0 Å². The standard InChI is InChI=1S/C19H19N3O3S/c23-26(24,22-10-12-25-13-11-22)17-7-8-18-15(14-17)6-9-19(21-18)20-16-4-2-1-3-5-16/h1-9,14H,10-13H2,(H,20,21). The summed E-state index contributed by atoms with van der Waals surface area (Å²) >= 11 is 0. The largest absolute Gasteiger partial charge is 0.379 e. The van der Waals surface area contributed by atoms with Gasteiger partial charge < -0.3 is 10.1 Å². The molecule has 26 heavy (non-hydrogen) atoms. The number of para-hydroxylation sites is 1. The highest BCUT2D eigenvalue weighted by atomic mass is 32.2. The van der Waals surface area contributed by atoms with Gasteiger partial charge in [-0.3, -0.25) is 0 Å². The number of sulfonamides is 1. The van der Waals surface area contributed by atoms with E-state index in [0.29, 0.717) is 32.1 Å². The van der Waals surface area contributed by atoms with Crippen molar-refractivity contribution in [3.05, 3.63) is 60.7 Å². The van der Waals surface area contributed by atoms with Crippen molar-refractivity contribution in [1.82, 2.24) is 9.29 Å². The summed E-state index contributed by atoms with van der Waals surface area (Å²) in [6.45, 7) is 1.64. The molecule has 0 saturated carbocycles. The summed E-state index contributed by atoms with van der Waals surface area (Å²) in [7, 11) is -3.50. The Morgan fingerprint density at radius 2 is 1.73 bits per heavy atom. The normalized spacial score (nSPS) is 15.8. The number of anilines is 2. The first-order valence-electron chi connectivity index (χ1n) is 8.44. The second-order valence-corrected chi connectivity index (χ2v) is 8.00. The van der Waals surface area contributed by atoms with Crippen LogP contribution in [0, 0.1) is 0 Å². The fourth-order valence-electron chi connectivity index (χ4n) is 2.94. The van der Waals surface area contributed by atoms with Crippen LogP contribution in [0.25, 0.3) is 10.9 Å². The second-order valence-electron chi connectivity index (χ2n) is 6.06. The summed E-state index contributed by atoms with van der Waals surface area (Å²) < 4.78 is 32.3. The van der Waals surface area contributed by atoms with Gasteiger partial charge in [-0.05, 0) is 42.5 Å². The molecule has 1 aliphatic rings. The highest BCUT2D eigenvalue weighted by molar-refractivity contribution is 7.89. The molecule has 4 rings (SSSR count). The minimum atomic E-state index is -3.50. The van der Waals surface area contributed by atoms with Gasteiger partial charge in [0.05, 0.1) is 23.6 Å². The molecule has 2 aromatic carbocycles. The number of morpholine rings is 1. The maximum absolute atomic E-state index is 12.8. The molecule has 0 aliphatic carbocycles. The highest BCUT2D eigenvalue weighted by Crippen LogP contribution is 2.24. The highest BCUT2D eigenvalue weighted by Gasteiger charge is 2.26. The lowest BCUT2D eigenvalue weighted by molar-refractivity contribution is 0.0730. The lowest BCUT2D eigenvalue weighted by atomic mass is 10.2. The summed E-state index contributed by atoms with van der Waals surface area (Å²) in [4.78, 5) is 4.86. The van der Waals surface area contributed by atoms with Crippen molar-refractivity contribution >= 4 is 32.4 Å².